The van der Waals surface area contributed by atoms with Crippen LogP contribution in [0.2, 0.25) is 0 Å². The molecule has 5 aromatic rings. The number of nitrogens with one attached hydrogen (secondary N) is 1. The molecule has 5 rings (SSSR count). The van der Waals surface area contributed by atoms with Crippen LogP contribution in [0.4, 0.5) is 11.5 Å². The van der Waals surface area contributed by atoms with E-state index in [1.165, 1.54) is 0 Å². The lowest BCUT2D eigenvalue weighted by molar-refractivity contribution is 0.417. The van der Waals surface area contributed by atoms with Gasteiger partial charge in [-0.25, -0.2) is 9.97 Å². The van der Waals surface area contributed by atoms with Gasteiger partial charge in [0.05, 0.1) is 18.3 Å². The number of nitrogens with zero attached hydrogens (tertiary/aromatic N) is 4. The third kappa shape index (κ3) is 3.69. The van der Waals surface area contributed by atoms with Crippen LogP contribution in [0.25, 0.3) is 34.1 Å². The predicted octanol–water partition coefficient (Wildman–Crippen LogP) is 5.41. The van der Waals surface area contributed by atoms with E-state index < -0.39 is 0 Å². The zero-order chi connectivity index (χ0) is 21.2. The monoisotopic (exact) mass is 409 g/mol. The van der Waals surface area contributed by atoms with Crippen LogP contribution in [0, 0.1) is 6.92 Å². The molecule has 0 unspecified atom stereocenters. The number of ether oxygens (including phenoxy) is 1. The van der Waals surface area contributed by atoms with Gasteiger partial charge in [0.25, 0.3) is 5.89 Å². The van der Waals surface area contributed by atoms with Gasteiger partial charge in [-0.1, -0.05) is 42.0 Å². The predicted molar refractivity (Wildman–Crippen MR) is 119 cm³/mol. The van der Waals surface area contributed by atoms with Crippen molar-refractivity contribution in [3.8, 4) is 28.9 Å². The third-order valence-corrected chi connectivity index (χ3v) is 4.84. The van der Waals surface area contributed by atoms with E-state index >= 15 is 0 Å². The lowest BCUT2D eigenvalue weighted by Gasteiger charge is -2.12. The highest BCUT2D eigenvalue weighted by Crippen LogP contribution is 2.31. The number of hydrogen-bond acceptors (Lipinski definition) is 7. The third-order valence-electron chi connectivity index (χ3n) is 4.84. The topological polar surface area (TPSA) is 86.0 Å². The summed E-state index contributed by atoms with van der Waals surface area (Å²) in [6.07, 6.45) is 0. The fraction of sp³-hybridized carbons (Fsp3) is 0.0833. The minimum Gasteiger partial charge on any atom is -0.495 e. The lowest BCUT2D eigenvalue weighted by atomic mass is 10.1. The second-order valence-corrected chi connectivity index (χ2v) is 7.02. The maximum atomic E-state index is 5.91. The molecule has 0 radical (unpaired) electrons. The summed E-state index contributed by atoms with van der Waals surface area (Å²) in [4.78, 5) is 9.33. The highest BCUT2D eigenvalue weighted by Gasteiger charge is 2.17. The quantitative estimate of drug-likeness (QED) is 0.415. The Morgan fingerprint density at radius 3 is 2.52 bits per heavy atom. The molecule has 2 heterocycles. The fourth-order valence-corrected chi connectivity index (χ4v) is 3.35. The molecule has 0 aliphatic rings. The normalized spacial score (nSPS) is 10.9. The summed E-state index contributed by atoms with van der Waals surface area (Å²) in [5.74, 6) is 2.37. The van der Waals surface area contributed by atoms with E-state index in [2.05, 4.69) is 20.5 Å². The molecule has 0 amide bonds. The molecule has 7 nitrogen and oxygen atoms in total. The van der Waals surface area contributed by atoms with Gasteiger partial charge in [-0.3, -0.25) is 0 Å². The first-order chi connectivity index (χ1) is 15.2. The number of aromatic nitrogens is 4. The maximum absolute atomic E-state index is 5.91. The van der Waals surface area contributed by atoms with Gasteiger partial charge < -0.3 is 14.5 Å². The fourth-order valence-electron chi connectivity index (χ4n) is 3.35. The van der Waals surface area contributed by atoms with Crippen molar-refractivity contribution in [3.63, 3.8) is 0 Å². The highest BCUT2D eigenvalue weighted by molar-refractivity contribution is 5.92. The van der Waals surface area contributed by atoms with Crippen LogP contribution in [0.1, 0.15) is 5.56 Å². The van der Waals surface area contributed by atoms with Crippen LogP contribution in [0.3, 0.4) is 0 Å². The summed E-state index contributed by atoms with van der Waals surface area (Å²) < 4.78 is 11.4. The van der Waals surface area contributed by atoms with Gasteiger partial charge in [-0.2, -0.15) is 0 Å². The largest absolute Gasteiger partial charge is 0.495 e. The molecule has 0 aliphatic heterocycles. The summed E-state index contributed by atoms with van der Waals surface area (Å²) >= 11 is 0. The molecule has 3 aromatic carbocycles. The van der Waals surface area contributed by atoms with E-state index in [1.807, 2.05) is 79.7 Å². The van der Waals surface area contributed by atoms with E-state index in [0.29, 0.717) is 23.3 Å². The van der Waals surface area contributed by atoms with Gasteiger partial charge in [0, 0.05) is 10.9 Å². The molecule has 0 saturated heterocycles. The molecule has 0 atom stereocenters. The Hall–Kier alpha value is -4.26. The molecule has 0 fully saturated rings. The molecule has 0 spiro atoms. The van der Waals surface area contributed by atoms with Crippen LogP contribution in [0.15, 0.2) is 77.2 Å². The summed E-state index contributed by atoms with van der Waals surface area (Å²) in [6.45, 7) is 2.02. The van der Waals surface area contributed by atoms with E-state index in [0.717, 1.165) is 27.7 Å². The number of anilines is 2. The molecular formula is C24H19N5O2. The van der Waals surface area contributed by atoms with Gasteiger partial charge in [0.15, 0.2) is 0 Å². The Bertz CT molecular complexity index is 1380. The number of para-hydroxylation sites is 3. The minimum atomic E-state index is 0.255. The van der Waals surface area contributed by atoms with Crippen molar-refractivity contribution in [3.05, 3.63) is 78.4 Å². The molecule has 2 aromatic heterocycles. The van der Waals surface area contributed by atoms with Crippen LogP contribution >= 0.6 is 0 Å². The molecular weight excluding hydrogens is 390 g/mol. The van der Waals surface area contributed by atoms with Gasteiger partial charge in [-0.05, 0) is 43.3 Å². The Labute approximate surface area is 178 Å². The van der Waals surface area contributed by atoms with Gasteiger partial charge >= 0.3 is 0 Å². The van der Waals surface area contributed by atoms with Crippen molar-refractivity contribution in [2.75, 3.05) is 12.4 Å². The van der Waals surface area contributed by atoms with Crippen molar-refractivity contribution in [2.24, 2.45) is 0 Å². The average molecular weight is 409 g/mol. The first kappa shape index (κ1) is 18.7. The first-order valence-electron chi connectivity index (χ1n) is 9.79. The second-order valence-electron chi connectivity index (χ2n) is 7.02. The van der Waals surface area contributed by atoms with E-state index in [-0.39, 0.29) is 5.89 Å². The van der Waals surface area contributed by atoms with Gasteiger partial charge in [0.1, 0.15) is 11.6 Å². The van der Waals surface area contributed by atoms with Crippen LogP contribution in [0.5, 0.6) is 5.75 Å². The molecule has 0 bridgehead atoms. The smallest absolute Gasteiger partial charge is 0.286 e. The zero-order valence-corrected chi connectivity index (χ0v) is 17.0. The molecule has 1 N–H and O–H groups in total. The standard InChI is InChI=1S/C24H19N5O2/c1-15-8-7-9-16(14-15)23-28-29-24(31-23)22-25-18-11-4-3-10-17(18)21(27-22)26-19-12-5-6-13-20(19)30-2/h3-14H,1-2H3,(H,25,26,27). The SMILES string of the molecule is COc1ccccc1Nc1nc(-c2nnc(-c3cccc(C)c3)o2)nc2ccccc12. The Morgan fingerprint density at radius 1 is 0.839 bits per heavy atom. The van der Waals surface area contributed by atoms with Crippen molar-refractivity contribution in [1.29, 1.82) is 0 Å². The molecule has 0 saturated carbocycles. The summed E-state index contributed by atoms with van der Waals surface area (Å²) in [5, 5.41) is 12.6. The van der Waals surface area contributed by atoms with E-state index in [9.17, 15) is 0 Å². The molecule has 7 heteroatoms. The Balaban J connectivity index is 1.59. The second kappa shape index (κ2) is 7.87. The summed E-state index contributed by atoms with van der Waals surface area (Å²) in [6, 6.07) is 23.3. The number of rotatable bonds is 5. The number of methoxy groups -OCH3 is 1. The maximum Gasteiger partial charge on any atom is 0.286 e. The number of hydrogen-bond donors (Lipinski definition) is 1. The first-order valence-corrected chi connectivity index (χ1v) is 9.79. The zero-order valence-electron chi connectivity index (χ0n) is 17.0. The van der Waals surface area contributed by atoms with E-state index in [4.69, 9.17) is 14.1 Å². The molecule has 0 aliphatic carbocycles. The minimum absolute atomic E-state index is 0.255. The van der Waals surface area contributed by atoms with Crippen molar-refractivity contribution in [1.82, 2.24) is 20.2 Å². The summed E-state index contributed by atoms with van der Waals surface area (Å²) in [5.41, 5.74) is 3.53. The highest BCUT2D eigenvalue weighted by atomic mass is 16.5. The Kier molecular flexibility index (Phi) is 4.76. The molecule has 31 heavy (non-hydrogen) atoms. The van der Waals surface area contributed by atoms with E-state index in [1.54, 1.807) is 7.11 Å². The van der Waals surface area contributed by atoms with Crippen molar-refractivity contribution in [2.45, 2.75) is 6.92 Å². The number of fused-ring (bicyclic) bond motifs is 1. The van der Waals surface area contributed by atoms with Gasteiger partial charge in [0.2, 0.25) is 11.7 Å². The van der Waals surface area contributed by atoms with Crippen LogP contribution in [-0.4, -0.2) is 27.3 Å². The average Bonchev–Trinajstić information content (AvgIpc) is 3.30. The lowest BCUT2D eigenvalue weighted by Crippen LogP contribution is -2.01. The van der Waals surface area contributed by atoms with Crippen LogP contribution < -0.4 is 10.1 Å². The van der Waals surface area contributed by atoms with Crippen LogP contribution in [-0.2, 0) is 0 Å². The van der Waals surface area contributed by atoms with Gasteiger partial charge in [-0.15, -0.1) is 10.2 Å². The Morgan fingerprint density at radius 2 is 1.65 bits per heavy atom. The van der Waals surface area contributed by atoms with Crippen molar-refractivity contribution >= 4 is 22.4 Å². The molecule has 152 valence electrons. The number of aryl methyl sites for hydroxylation is 1. The summed E-state index contributed by atoms with van der Waals surface area (Å²) in [7, 11) is 1.63. The number of benzene rings is 3. The van der Waals surface area contributed by atoms with Crippen molar-refractivity contribution < 1.29 is 9.15 Å².